The molecule has 2 N–H and O–H groups in total. The number of hydrogen-bond donors (Lipinski definition) is 2. The van der Waals surface area contributed by atoms with Crippen LogP contribution >= 0.6 is 0 Å². The molecule has 1 saturated carbocycles. The van der Waals surface area contributed by atoms with Crippen molar-refractivity contribution in [2.45, 2.75) is 19.3 Å². The number of aliphatic hydroxyl groups excluding tert-OH is 1. The van der Waals surface area contributed by atoms with Crippen molar-refractivity contribution in [3.8, 4) is 0 Å². The predicted octanol–water partition coefficient (Wildman–Crippen LogP) is -0.0884. The Morgan fingerprint density at radius 3 is 2.69 bits per heavy atom. The summed E-state index contributed by atoms with van der Waals surface area (Å²) in [7, 11) is 1.59. The van der Waals surface area contributed by atoms with Crippen LogP contribution in [0.5, 0.6) is 0 Å². The van der Waals surface area contributed by atoms with Crippen molar-refractivity contribution in [2.24, 2.45) is 5.41 Å². The van der Waals surface area contributed by atoms with Crippen molar-refractivity contribution in [2.75, 3.05) is 26.9 Å². The molecule has 4 heteroatoms. The molecule has 1 aliphatic carbocycles. The summed E-state index contributed by atoms with van der Waals surface area (Å²) in [6, 6.07) is 0. The van der Waals surface area contributed by atoms with Crippen molar-refractivity contribution in [1.29, 1.82) is 0 Å². The Morgan fingerprint density at radius 1 is 1.62 bits per heavy atom. The van der Waals surface area contributed by atoms with Gasteiger partial charge in [0.2, 0.25) is 5.91 Å². The number of aliphatic hydroxyl groups is 1. The van der Waals surface area contributed by atoms with Gasteiger partial charge in [-0.15, -0.1) is 0 Å². The molecule has 0 heterocycles. The van der Waals surface area contributed by atoms with E-state index in [9.17, 15) is 4.79 Å². The summed E-state index contributed by atoms with van der Waals surface area (Å²) < 4.78 is 4.81. The average Bonchev–Trinajstić information content (AvgIpc) is 2.04. The van der Waals surface area contributed by atoms with Gasteiger partial charge in [-0.2, -0.15) is 0 Å². The molecule has 0 aromatic rings. The van der Waals surface area contributed by atoms with Crippen LogP contribution in [0, 0.1) is 5.41 Å². The molecule has 76 valence electrons. The monoisotopic (exact) mass is 187 g/mol. The number of rotatable bonds is 5. The molecule has 1 rings (SSSR count). The van der Waals surface area contributed by atoms with Gasteiger partial charge in [-0.05, 0) is 12.8 Å². The maximum atomic E-state index is 11.5. The summed E-state index contributed by atoms with van der Waals surface area (Å²) in [6.07, 6.45) is 2.66. The second kappa shape index (κ2) is 4.58. The van der Waals surface area contributed by atoms with Gasteiger partial charge < -0.3 is 15.2 Å². The number of methoxy groups -OCH3 is 1. The van der Waals surface area contributed by atoms with Crippen LogP contribution in [0.1, 0.15) is 19.3 Å². The van der Waals surface area contributed by atoms with Crippen LogP contribution < -0.4 is 5.32 Å². The van der Waals surface area contributed by atoms with Gasteiger partial charge in [0.1, 0.15) is 0 Å². The summed E-state index contributed by atoms with van der Waals surface area (Å²) in [5.74, 6) is -0.0294. The zero-order chi connectivity index (χ0) is 9.73. The largest absolute Gasteiger partial charge is 0.395 e. The fraction of sp³-hybridized carbons (Fsp3) is 0.889. The number of carbonyl (C=O) groups is 1. The van der Waals surface area contributed by atoms with Crippen LogP contribution in [-0.4, -0.2) is 37.9 Å². The van der Waals surface area contributed by atoms with Gasteiger partial charge in [0.15, 0.2) is 0 Å². The number of nitrogens with one attached hydrogen (secondary N) is 1. The molecule has 13 heavy (non-hydrogen) atoms. The Balaban J connectivity index is 2.28. The molecule has 0 saturated heterocycles. The van der Waals surface area contributed by atoms with E-state index in [0.717, 1.165) is 19.3 Å². The van der Waals surface area contributed by atoms with Crippen molar-refractivity contribution in [3.63, 3.8) is 0 Å². The number of hydrogen-bond acceptors (Lipinski definition) is 3. The number of ether oxygens (including phenoxy) is 1. The summed E-state index contributed by atoms with van der Waals surface area (Å²) in [6.45, 7) is 1.01. The van der Waals surface area contributed by atoms with E-state index in [4.69, 9.17) is 9.84 Å². The van der Waals surface area contributed by atoms with Crippen LogP contribution in [0.4, 0.5) is 0 Å². The molecule has 1 aliphatic rings. The lowest BCUT2D eigenvalue weighted by molar-refractivity contribution is -0.139. The molecule has 1 amide bonds. The molecule has 0 radical (unpaired) electrons. The highest BCUT2D eigenvalue weighted by molar-refractivity contribution is 5.83. The maximum absolute atomic E-state index is 11.5. The zero-order valence-corrected chi connectivity index (χ0v) is 8.01. The minimum atomic E-state index is -0.478. The van der Waals surface area contributed by atoms with Gasteiger partial charge in [0, 0.05) is 13.7 Å². The Morgan fingerprint density at radius 2 is 2.31 bits per heavy atom. The standard InChI is InChI=1S/C9H17NO3/c1-13-6-5-10-8(12)9(7-11)3-2-4-9/h11H,2-7H2,1H3,(H,10,12). The lowest BCUT2D eigenvalue weighted by Crippen LogP contribution is -2.48. The Labute approximate surface area is 78.3 Å². The van der Waals surface area contributed by atoms with Crippen molar-refractivity contribution >= 4 is 5.91 Å². The molecular weight excluding hydrogens is 170 g/mol. The smallest absolute Gasteiger partial charge is 0.228 e. The molecular formula is C9H17NO3. The van der Waals surface area contributed by atoms with Gasteiger partial charge in [-0.25, -0.2) is 0 Å². The van der Waals surface area contributed by atoms with Crippen molar-refractivity contribution in [1.82, 2.24) is 5.32 Å². The molecule has 0 bridgehead atoms. The van der Waals surface area contributed by atoms with Crippen LogP contribution in [-0.2, 0) is 9.53 Å². The van der Waals surface area contributed by atoms with Gasteiger partial charge in [-0.1, -0.05) is 6.42 Å². The van der Waals surface area contributed by atoms with Crippen LogP contribution in [0.3, 0.4) is 0 Å². The third-order valence-electron chi connectivity index (χ3n) is 2.69. The normalized spacial score (nSPS) is 19.2. The van der Waals surface area contributed by atoms with Gasteiger partial charge in [0.05, 0.1) is 18.6 Å². The third kappa shape index (κ3) is 2.19. The topological polar surface area (TPSA) is 58.6 Å². The van der Waals surface area contributed by atoms with E-state index < -0.39 is 5.41 Å². The highest BCUT2D eigenvalue weighted by Crippen LogP contribution is 2.40. The van der Waals surface area contributed by atoms with E-state index in [2.05, 4.69) is 5.32 Å². The molecule has 0 aromatic carbocycles. The van der Waals surface area contributed by atoms with E-state index in [1.54, 1.807) is 7.11 Å². The molecule has 1 fully saturated rings. The third-order valence-corrected chi connectivity index (χ3v) is 2.69. The van der Waals surface area contributed by atoms with Crippen LogP contribution in [0.2, 0.25) is 0 Å². The fourth-order valence-corrected chi connectivity index (χ4v) is 1.51. The molecule has 4 nitrogen and oxygen atoms in total. The minimum Gasteiger partial charge on any atom is -0.395 e. The van der Waals surface area contributed by atoms with E-state index in [1.807, 2.05) is 0 Å². The number of amides is 1. The predicted molar refractivity (Wildman–Crippen MR) is 48.3 cm³/mol. The Hall–Kier alpha value is -0.610. The highest BCUT2D eigenvalue weighted by atomic mass is 16.5. The number of carbonyl (C=O) groups excluding carboxylic acids is 1. The van der Waals surface area contributed by atoms with Crippen LogP contribution in [0.15, 0.2) is 0 Å². The molecule has 0 spiro atoms. The lowest BCUT2D eigenvalue weighted by atomic mass is 9.69. The summed E-state index contributed by atoms with van der Waals surface area (Å²) in [5, 5.41) is 11.8. The van der Waals surface area contributed by atoms with E-state index >= 15 is 0 Å². The summed E-state index contributed by atoms with van der Waals surface area (Å²) in [4.78, 5) is 11.5. The second-order valence-electron chi connectivity index (χ2n) is 3.54. The first kappa shape index (κ1) is 10.5. The second-order valence-corrected chi connectivity index (χ2v) is 3.54. The van der Waals surface area contributed by atoms with Gasteiger partial charge in [0.25, 0.3) is 0 Å². The highest BCUT2D eigenvalue weighted by Gasteiger charge is 2.43. The molecule has 0 unspecified atom stereocenters. The van der Waals surface area contributed by atoms with E-state index in [0.29, 0.717) is 13.2 Å². The molecule has 0 aromatic heterocycles. The SMILES string of the molecule is COCCNC(=O)C1(CO)CCC1. The fourth-order valence-electron chi connectivity index (χ4n) is 1.51. The first-order chi connectivity index (χ1) is 6.25. The summed E-state index contributed by atoms with van der Waals surface area (Å²) in [5.41, 5.74) is -0.478. The Kier molecular flexibility index (Phi) is 3.69. The van der Waals surface area contributed by atoms with Crippen molar-refractivity contribution in [3.05, 3.63) is 0 Å². The molecule has 0 atom stereocenters. The average molecular weight is 187 g/mol. The van der Waals surface area contributed by atoms with Gasteiger partial charge >= 0.3 is 0 Å². The maximum Gasteiger partial charge on any atom is 0.228 e. The van der Waals surface area contributed by atoms with E-state index in [-0.39, 0.29) is 12.5 Å². The van der Waals surface area contributed by atoms with Crippen molar-refractivity contribution < 1.29 is 14.6 Å². The Bertz CT molecular complexity index is 172. The molecule has 0 aliphatic heterocycles. The zero-order valence-electron chi connectivity index (χ0n) is 8.01. The first-order valence-corrected chi connectivity index (χ1v) is 4.63. The van der Waals surface area contributed by atoms with Crippen LogP contribution in [0.25, 0.3) is 0 Å². The van der Waals surface area contributed by atoms with Gasteiger partial charge in [-0.3, -0.25) is 4.79 Å². The van der Waals surface area contributed by atoms with E-state index in [1.165, 1.54) is 0 Å². The quantitative estimate of drug-likeness (QED) is 0.591. The minimum absolute atomic E-state index is 0.0294. The lowest BCUT2D eigenvalue weighted by Gasteiger charge is -2.38. The summed E-state index contributed by atoms with van der Waals surface area (Å²) >= 11 is 0. The first-order valence-electron chi connectivity index (χ1n) is 4.63.